The number of ether oxygens (including phenoxy) is 2. The summed E-state index contributed by atoms with van der Waals surface area (Å²) in [4.78, 5) is 0. The van der Waals surface area contributed by atoms with Crippen LogP contribution in [0.3, 0.4) is 0 Å². The fraction of sp³-hybridized carbons (Fsp3) is 0.294. The molecule has 0 spiro atoms. The minimum absolute atomic E-state index is 0.0758. The molecular weight excluding hydrogens is 342 g/mol. The first-order valence-corrected chi connectivity index (χ1v) is 7.51. The number of hydrogen-bond donors (Lipinski definition) is 2. The van der Waals surface area contributed by atoms with E-state index in [2.05, 4.69) is 4.74 Å². The van der Waals surface area contributed by atoms with Crippen LogP contribution in [0.4, 0.5) is 17.6 Å². The lowest BCUT2D eigenvalue weighted by Gasteiger charge is -2.16. The summed E-state index contributed by atoms with van der Waals surface area (Å²) >= 11 is 0. The maximum Gasteiger partial charge on any atom is 0.573 e. The summed E-state index contributed by atoms with van der Waals surface area (Å²) in [7, 11) is 0. The van der Waals surface area contributed by atoms with E-state index in [1.807, 2.05) is 0 Å². The molecule has 134 valence electrons. The molecule has 1 aliphatic rings. The van der Waals surface area contributed by atoms with Crippen molar-refractivity contribution in [1.82, 2.24) is 0 Å². The van der Waals surface area contributed by atoms with Crippen LogP contribution in [0.25, 0.3) is 11.1 Å². The van der Waals surface area contributed by atoms with Crippen LogP contribution < -0.4 is 15.2 Å². The maximum absolute atomic E-state index is 14.4. The third-order valence-corrected chi connectivity index (χ3v) is 4.03. The largest absolute Gasteiger partial charge is 0.573 e. The number of alkyl halides is 3. The van der Waals surface area contributed by atoms with Gasteiger partial charge < -0.3 is 20.3 Å². The van der Waals surface area contributed by atoms with Gasteiger partial charge in [-0.05, 0) is 29.3 Å². The van der Waals surface area contributed by atoms with E-state index < -0.39 is 17.9 Å². The number of halogens is 4. The number of benzene rings is 2. The van der Waals surface area contributed by atoms with Crippen LogP contribution in [0.1, 0.15) is 16.7 Å². The lowest BCUT2D eigenvalue weighted by atomic mass is 9.92. The summed E-state index contributed by atoms with van der Waals surface area (Å²) < 4.78 is 60.5. The third-order valence-electron chi connectivity index (χ3n) is 4.03. The molecule has 0 fully saturated rings. The highest BCUT2D eigenvalue weighted by Gasteiger charge is 2.31. The van der Waals surface area contributed by atoms with E-state index in [0.29, 0.717) is 41.5 Å². The predicted octanol–water partition coefficient (Wildman–Crippen LogP) is 3.28. The molecule has 0 saturated carbocycles. The third kappa shape index (κ3) is 3.40. The Bertz CT molecular complexity index is 805. The lowest BCUT2D eigenvalue weighted by molar-refractivity contribution is -0.274. The highest BCUT2D eigenvalue weighted by molar-refractivity contribution is 5.76. The van der Waals surface area contributed by atoms with Crippen molar-refractivity contribution >= 4 is 0 Å². The number of hydrogen-bond acceptors (Lipinski definition) is 4. The second-order valence-corrected chi connectivity index (χ2v) is 5.52. The predicted molar refractivity (Wildman–Crippen MR) is 81.5 cm³/mol. The molecule has 0 atom stereocenters. The van der Waals surface area contributed by atoms with Gasteiger partial charge in [-0.25, -0.2) is 4.39 Å². The van der Waals surface area contributed by atoms with Crippen LogP contribution in [-0.4, -0.2) is 18.1 Å². The Morgan fingerprint density at radius 2 is 1.96 bits per heavy atom. The van der Waals surface area contributed by atoms with E-state index in [9.17, 15) is 22.7 Å². The number of nitrogens with two attached hydrogens (primary N) is 1. The van der Waals surface area contributed by atoms with E-state index in [-0.39, 0.29) is 18.7 Å². The maximum atomic E-state index is 14.4. The van der Waals surface area contributed by atoms with Gasteiger partial charge in [-0.3, -0.25) is 0 Å². The van der Waals surface area contributed by atoms with Gasteiger partial charge in [0.1, 0.15) is 17.3 Å². The minimum atomic E-state index is -4.90. The van der Waals surface area contributed by atoms with E-state index in [1.165, 1.54) is 6.07 Å². The highest BCUT2D eigenvalue weighted by Crippen LogP contribution is 2.42. The molecule has 1 heterocycles. The van der Waals surface area contributed by atoms with Gasteiger partial charge in [-0.1, -0.05) is 0 Å². The average Bonchev–Trinajstić information content (AvgIpc) is 3.01. The van der Waals surface area contributed by atoms with Crippen LogP contribution in [0.15, 0.2) is 24.3 Å². The zero-order valence-corrected chi connectivity index (χ0v) is 13.0. The molecule has 0 radical (unpaired) electrons. The van der Waals surface area contributed by atoms with Crippen molar-refractivity contribution in [3.63, 3.8) is 0 Å². The van der Waals surface area contributed by atoms with Crippen molar-refractivity contribution in [3.8, 4) is 22.6 Å². The summed E-state index contributed by atoms with van der Waals surface area (Å²) in [6, 6.07) is 4.51. The average molecular weight is 357 g/mol. The molecule has 0 aromatic heterocycles. The normalized spacial score (nSPS) is 13.5. The van der Waals surface area contributed by atoms with E-state index >= 15 is 0 Å². The van der Waals surface area contributed by atoms with Gasteiger partial charge in [-0.2, -0.15) is 0 Å². The molecule has 0 amide bonds. The second-order valence-electron chi connectivity index (χ2n) is 5.52. The zero-order valence-electron chi connectivity index (χ0n) is 13.0. The minimum Gasteiger partial charge on any atom is -0.492 e. The van der Waals surface area contributed by atoms with Gasteiger partial charge in [0.2, 0.25) is 0 Å². The molecule has 2 aromatic rings. The van der Waals surface area contributed by atoms with Crippen LogP contribution in [0, 0.1) is 5.82 Å². The molecule has 25 heavy (non-hydrogen) atoms. The molecule has 4 nitrogen and oxygen atoms in total. The first kappa shape index (κ1) is 17.5. The Morgan fingerprint density at radius 3 is 2.56 bits per heavy atom. The van der Waals surface area contributed by atoms with Crippen molar-refractivity contribution in [2.24, 2.45) is 5.73 Å². The summed E-state index contributed by atoms with van der Waals surface area (Å²) in [5.41, 5.74) is 8.20. The molecule has 2 aromatic carbocycles. The lowest BCUT2D eigenvalue weighted by Crippen LogP contribution is -2.17. The van der Waals surface area contributed by atoms with E-state index in [0.717, 1.165) is 11.6 Å². The van der Waals surface area contributed by atoms with Crippen molar-refractivity contribution in [2.75, 3.05) is 6.61 Å². The monoisotopic (exact) mass is 357 g/mol. The Labute approximate surface area is 140 Å². The Morgan fingerprint density at radius 1 is 1.20 bits per heavy atom. The van der Waals surface area contributed by atoms with Gasteiger partial charge in [0.15, 0.2) is 0 Å². The summed E-state index contributed by atoms with van der Waals surface area (Å²) in [5.74, 6) is -1.10. The van der Waals surface area contributed by atoms with Gasteiger partial charge >= 0.3 is 6.36 Å². The topological polar surface area (TPSA) is 64.7 Å². The molecule has 8 heteroatoms. The van der Waals surface area contributed by atoms with Crippen LogP contribution in [0.2, 0.25) is 0 Å². The summed E-state index contributed by atoms with van der Waals surface area (Å²) in [5, 5.41) is 9.57. The van der Waals surface area contributed by atoms with Crippen molar-refractivity contribution in [3.05, 3.63) is 46.8 Å². The first-order chi connectivity index (χ1) is 11.8. The standard InChI is InChI=1S/C17H15F4NO3/c18-15-6-10(25-17(19,20)21)1-2-11(15)13-5-9(7-22)14(8-23)12-3-4-24-16(12)13/h1-2,5-6,23H,3-4,7-8,22H2. The number of aliphatic hydroxyl groups excluding tert-OH is 1. The zero-order chi connectivity index (χ0) is 18.2. The SMILES string of the molecule is NCc1cc(-c2ccc(OC(F)(F)F)cc2F)c2c(c1CO)CCO2. The summed E-state index contributed by atoms with van der Waals surface area (Å²) in [6.45, 7) is 0.284. The quantitative estimate of drug-likeness (QED) is 0.825. The molecule has 1 aliphatic heterocycles. The van der Waals surface area contributed by atoms with E-state index in [1.54, 1.807) is 6.07 Å². The van der Waals surface area contributed by atoms with Gasteiger partial charge in [0.25, 0.3) is 0 Å². The summed E-state index contributed by atoms with van der Waals surface area (Å²) in [6.07, 6.45) is -4.35. The number of aliphatic hydroxyl groups is 1. The van der Waals surface area contributed by atoms with Crippen LogP contribution in [0.5, 0.6) is 11.5 Å². The van der Waals surface area contributed by atoms with Gasteiger partial charge in [-0.15, -0.1) is 13.2 Å². The van der Waals surface area contributed by atoms with Crippen molar-refractivity contribution < 1.29 is 32.1 Å². The molecule has 3 rings (SSSR count). The van der Waals surface area contributed by atoms with Crippen LogP contribution >= 0.6 is 0 Å². The van der Waals surface area contributed by atoms with Crippen molar-refractivity contribution in [1.29, 1.82) is 0 Å². The number of rotatable bonds is 4. The Balaban J connectivity index is 2.10. The highest BCUT2D eigenvalue weighted by atomic mass is 19.4. The molecular formula is C17H15F4NO3. The second kappa shape index (κ2) is 6.53. The molecule has 0 unspecified atom stereocenters. The fourth-order valence-electron chi connectivity index (χ4n) is 3.00. The van der Waals surface area contributed by atoms with E-state index in [4.69, 9.17) is 10.5 Å². The molecule has 0 saturated heterocycles. The molecule has 0 aliphatic carbocycles. The Hall–Kier alpha value is -2.32. The molecule has 0 bridgehead atoms. The van der Waals surface area contributed by atoms with Gasteiger partial charge in [0.05, 0.1) is 13.2 Å². The fourth-order valence-corrected chi connectivity index (χ4v) is 3.00. The Kier molecular flexibility index (Phi) is 4.57. The van der Waals surface area contributed by atoms with Crippen LogP contribution in [-0.2, 0) is 19.6 Å². The first-order valence-electron chi connectivity index (χ1n) is 7.51. The number of fused-ring (bicyclic) bond motifs is 1. The molecule has 3 N–H and O–H groups in total. The van der Waals surface area contributed by atoms with Gasteiger partial charge in [0, 0.05) is 35.7 Å². The smallest absolute Gasteiger partial charge is 0.492 e. The van der Waals surface area contributed by atoms with Crippen molar-refractivity contribution in [2.45, 2.75) is 25.9 Å².